The van der Waals surface area contributed by atoms with Crippen LogP contribution in [0.4, 0.5) is 5.69 Å². The molecule has 2 heterocycles. The smallest absolute Gasteiger partial charge is 0.340 e. The molecule has 0 unspecified atom stereocenters. The van der Waals surface area contributed by atoms with Gasteiger partial charge in [-0.15, -0.1) is 0 Å². The zero-order valence-electron chi connectivity index (χ0n) is 22.8. The highest BCUT2D eigenvalue weighted by Gasteiger charge is 2.50. The maximum atomic E-state index is 13.3. The summed E-state index contributed by atoms with van der Waals surface area (Å²) in [4.78, 5) is 45.8. The van der Waals surface area contributed by atoms with Crippen LogP contribution in [0.5, 0.6) is 5.75 Å². The van der Waals surface area contributed by atoms with Crippen molar-refractivity contribution in [1.29, 1.82) is 0 Å². The lowest BCUT2D eigenvalue weighted by Crippen LogP contribution is -2.56. The molecule has 0 amide bonds. The maximum absolute atomic E-state index is 13.3. The number of hydrogen-bond donors (Lipinski definition) is 5. The third-order valence-electron chi connectivity index (χ3n) is 7.31. The second-order valence-corrected chi connectivity index (χ2v) is 12.0. The second kappa shape index (κ2) is 12.6. The summed E-state index contributed by atoms with van der Waals surface area (Å²) < 4.78 is 31.4. The number of aromatic hydroxyl groups is 1. The van der Waals surface area contributed by atoms with Gasteiger partial charge in [-0.1, -0.05) is 42.5 Å². The number of aliphatic hydroxyl groups is 1. The summed E-state index contributed by atoms with van der Waals surface area (Å²) in [5.41, 5.74) is 7.40. The quantitative estimate of drug-likeness (QED) is 0.106. The summed E-state index contributed by atoms with van der Waals surface area (Å²) in [7, 11) is -4.77. The number of rotatable bonds is 9. The van der Waals surface area contributed by atoms with Crippen molar-refractivity contribution in [2.24, 2.45) is 5.92 Å². The molecule has 12 nitrogen and oxygen atoms in total. The molecule has 0 saturated carbocycles. The van der Waals surface area contributed by atoms with Crippen molar-refractivity contribution >= 4 is 36.1 Å². The number of carbonyl (C=O) groups excluding carboxylic acids is 2. The van der Waals surface area contributed by atoms with Crippen molar-refractivity contribution in [1.82, 2.24) is 4.57 Å². The van der Waals surface area contributed by atoms with E-state index >= 15 is 0 Å². The molecule has 1 aromatic heterocycles. The number of anilines is 1. The third kappa shape index (κ3) is 7.07. The lowest BCUT2D eigenvalue weighted by Gasteiger charge is -2.44. The zero-order chi connectivity index (χ0) is 30.7. The van der Waals surface area contributed by atoms with Gasteiger partial charge in [-0.25, -0.2) is 4.79 Å². The Balaban J connectivity index is 1.47. The van der Waals surface area contributed by atoms with Crippen LogP contribution in [-0.4, -0.2) is 67.6 Å². The number of fused-ring (bicyclic) bond motifs is 1. The van der Waals surface area contributed by atoms with Gasteiger partial charge in [0.05, 0.1) is 29.8 Å². The fourth-order valence-corrected chi connectivity index (χ4v) is 6.19. The molecule has 1 aliphatic heterocycles. The van der Waals surface area contributed by atoms with Crippen LogP contribution >= 0.6 is 7.60 Å². The minimum absolute atomic E-state index is 0.0355. The van der Waals surface area contributed by atoms with Crippen molar-refractivity contribution in [3.8, 4) is 5.75 Å². The molecular formula is C30H31N2O10P. The van der Waals surface area contributed by atoms with Crippen LogP contribution in [0.3, 0.4) is 0 Å². The van der Waals surface area contributed by atoms with E-state index in [-0.39, 0.29) is 23.4 Å². The molecule has 13 heteroatoms. The second-order valence-electron chi connectivity index (χ2n) is 10.3. The molecule has 5 atom stereocenters. The Morgan fingerprint density at radius 3 is 2.40 bits per heavy atom. The van der Waals surface area contributed by atoms with E-state index in [2.05, 4.69) is 0 Å². The van der Waals surface area contributed by atoms with Gasteiger partial charge in [0.2, 0.25) is 0 Å². The predicted octanol–water partition coefficient (Wildman–Crippen LogP) is 2.99. The Bertz CT molecular complexity index is 1650. The molecule has 0 bridgehead atoms. The van der Waals surface area contributed by atoms with E-state index in [4.69, 9.17) is 19.9 Å². The van der Waals surface area contributed by atoms with E-state index in [0.717, 1.165) is 5.39 Å². The minimum Gasteiger partial charge on any atom is -0.508 e. The van der Waals surface area contributed by atoms with Crippen LogP contribution in [0, 0.1) is 5.92 Å². The SMILES string of the molecule is Nc1ccccc1C(=O)O[C@@H]1[C@@H](CP(=O)(O)O)[C@H](O)[C@@H](COC(=O)Cc2ccc(O)cc2)O[C@H]1n1ccc2ccccc21. The topological polar surface area (TPSA) is 191 Å². The number of phenolic OH excluding ortho intramolecular Hbond substituents is 1. The first-order chi connectivity index (χ1) is 20.5. The van der Waals surface area contributed by atoms with Crippen LogP contribution in [0.2, 0.25) is 0 Å². The lowest BCUT2D eigenvalue weighted by molar-refractivity contribution is -0.231. The van der Waals surface area contributed by atoms with Gasteiger partial charge in [0.25, 0.3) is 0 Å². The van der Waals surface area contributed by atoms with Crippen molar-refractivity contribution in [3.63, 3.8) is 0 Å². The van der Waals surface area contributed by atoms with Crippen LogP contribution in [-0.2, 0) is 30.0 Å². The summed E-state index contributed by atoms with van der Waals surface area (Å²) in [6.45, 7) is -0.447. The van der Waals surface area contributed by atoms with Gasteiger partial charge in [-0.05, 0) is 47.3 Å². The summed E-state index contributed by atoms with van der Waals surface area (Å²) in [5.74, 6) is -2.80. The van der Waals surface area contributed by atoms with Gasteiger partial charge in [0.1, 0.15) is 18.5 Å². The first-order valence-corrected chi connectivity index (χ1v) is 15.2. The number of aromatic nitrogens is 1. The van der Waals surface area contributed by atoms with Crippen molar-refractivity contribution in [3.05, 3.63) is 96.2 Å². The summed E-state index contributed by atoms with van der Waals surface area (Å²) in [5, 5.41) is 21.6. The largest absolute Gasteiger partial charge is 0.508 e. The fraction of sp³-hybridized carbons (Fsp3) is 0.267. The molecule has 5 rings (SSSR count). The number of esters is 2. The third-order valence-corrected chi connectivity index (χ3v) is 8.20. The Labute approximate surface area is 246 Å². The average molecular weight is 611 g/mol. The summed E-state index contributed by atoms with van der Waals surface area (Å²) >= 11 is 0. The number of phenols is 1. The highest BCUT2D eigenvalue weighted by molar-refractivity contribution is 7.51. The van der Waals surface area contributed by atoms with Crippen LogP contribution in [0.25, 0.3) is 10.9 Å². The molecule has 0 radical (unpaired) electrons. The molecule has 1 saturated heterocycles. The highest BCUT2D eigenvalue weighted by Crippen LogP contribution is 2.45. The molecule has 3 aromatic carbocycles. The number of nitrogens with zero attached hydrogens (tertiary/aromatic N) is 1. The average Bonchev–Trinajstić information content (AvgIpc) is 3.39. The van der Waals surface area contributed by atoms with E-state index in [0.29, 0.717) is 11.1 Å². The Morgan fingerprint density at radius 1 is 0.977 bits per heavy atom. The number of nitrogen functional groups attached to an aromatic ring is 1. The molecular weight excluding hydrogens is 579 g/mol. The van der Waals surface area contributed by atoms with E-state index in [1.165, 1.54) is 24.3 Å². The first-order valence-electron chi connectivity index (χ1n) is 13.4. The van der Waals surface area contributed by atoms with E-state index in [1.54, 1.807) is 53.2 Å². The number of para-hydroxylation sites is 2. The fourth-order valence-electron chi connectivity index (χ4n) is 5.22. The van der Waals surface area contributed by atoms with E-state index in [1.807, 2.05) is 12.1 Å². The van der Waals surface area contributed by atoms with Gasteiger partial charge < -0.3 is 44.5 Å². The van der Waals surface area contributed by atoms with Crippen molar-refractivity contribution in [2.75, 3.05) is 18.5 Å². The van der Waals surface area contributed by atoms with Gasteiger partial charge >= 0.3 is 19.5 Å². The molecule has 226 valence electrons. The van der Waals surface area contributed by atoms with Crippen molar-refractivity contribution < 1.29 is 48.4 Å². The number of benzene rings is 3. The number of carbonyl (C=O) groups is 2. The number of nitrogens with two attached hydrogens (primary N) is 1. The van der Waals surface area contributed by atoms with Crippen molar-refractivity contribution in [2.45, 2.75) is 31.0 Å². The van der Waals surface area contributed by atoms with Gasteiger partial charge in [-0.3, -0.25) is 9.36 Å². The Kier molecular flexibility index (Phi) is 8.86. The van der Waals surface area contributed by atoms with Gasteiger partial charge in [-0.2, -0.15) is 0 Å². The van der Waals surface area contributed by atoms with Crippen LogP contribution in [0.1, 0.15) is 22.1 Å². The molecule has 0 spiro atoms. The summed E-state index contributed by atoms with van der Waals surface area (Å²) in [6, 6.07) is 21.2. The number of hydrogen-bond acceptors (Lipinski definition) is 9. The maximum Gasteiger partial charge on any atom is 0.340 e. The van der Waals surface area contributed by atoms with Crippen LogP contribution in [0.15, 0.2) is 85.1 Å². The molecule has 6 N–H and O–H groups in total. The molecule has 0 aliphatic carbocycles. The number of ether oxygens (including phenoxy) is 3. The zero-order valence-corrected chi connectivity index (χ0v) is 23.7. The first kappa shape index (κ1) is 30.3. The minimum atomic E-state index is -4.77. The standard InChI is InChI=1S/C30H31N2O10P/c31-23-7-3-2-6-21(23)30(36)42-28-22(17-43(37,38)39)27(35)25(16-40-26(34)15-18-9-11-20(33)12-10-18)41-29(28)32-14-13-19-5-1-4-8-24(19)32/h1-14,22,25,27-29,33,35H,15-17,31H2,(H2,37,38,39)/t22-,25+,27-,28+,29+/m0/s1. The van der Waals surface area contributed by atoms with Crippen LogP contribution < -0.4 is 5.73 Å². The molecule has 43 heavy (non-hydrogen) atoms. The van der Waals surface area contributed by atoms with Gasteiger partial charge in [0, 0.05) is 17.8 Å². The predicted molar refractivity (Wildman–Crippen MR) is 155 cm³/mol. The normalized spacial score (nSPS) is 22.3. The Morgan fingerprint density at radius 2 is 1.67 bits per heavy atom. The van der Waals surface area contributed by atoms with Gasteiger partial charge in [0.15, 0.2) is 12.3 Å². The Hall–Kier alpha value is -4.19. The number of aliphatic hydroxyl groups excluding tert-OH is 1. The molecule has 4 aromatic rings. The molecule has 1 aliphatic rings. The summed E-state index contributed by atoms with van der Waals surface area (Å²) in [6.07, 6.45) is -4.68. The van der Waals surface area contributed by atoms with E-state index < -0.39 is 62.8 Å². The highest BCUT2D eigenvalue weighted by atomic mass is 31.2. The monoisotopic (exact) mass is 610 g/mol. The lowest BCUT2D eigenvalue weighted by atomic mass is 9.89. The molecule has 1 fully saturated rings. The van der Waals surface area contributed by atoms with E-state index in [9.17, 15) is 34.2 Å².